The van der Waals surface area contributed by atoms with Crippen molar-refractivity contribution < 1.29 is 19.1 Å². The number of rotatable bonds is 4. The fraction of sp³-hybridized carbons (Fsp3) is 0.765. The van der Waals surface area contributed by atoms with E-state index in [9.17, 15) is 9.59 Å². The van der Waals surface area contributed by atoms with Crippen LogP contribution in [-0.4, -0.2) is 24.1 Å². The van der Waals surface area contributed by atoms with Crippen molar-refractivity contribution >= 4 is 11.9 Å². The Bertz CT molecular complexity index is 371. The van der Waals surface area contributed by atoms with Gasteiger partial charge in [0.15, 0.2) is 0 Å². The van der Waals surface area contributed by atoms with E-state index in [1.807, 2.05) is 41.5 Å². The van der Waals surface area contributed by atoms with Gasteiger partial charge in [0.25, 0.3) is 0 Å². The lowest BCUT2D eigenvalue weighted by molar-refractivity contribution is -0.152. The van der Waals surface area contributed by atoms with Crippen LogP contribution < -0.4 is 0 Å². The van der Waals surface area contributed by atoms with Gasteiger partial charge in [-0.05, 0) is 23.0 Å². The molecule has 4 heteroatoms. The van der Waals surface area contributed by atoms with E-state index in [1.165, 1.54) is 0 Å². The van der Waals surface area contributed by atoms with Crippen LogP contribution in [-0.2, 0) is 19.1 Å². The molecule has 21 heavy (non-hydrogen) atoms. The molecule has 4 nitrogen and oxygen atoms in total. The van der Waals surface area contributed by atoms with Gasteiger partial charge in [0, 0.05) is 6.42 Å². The lowest BCUT2D eigenvalue weighted by atomic mass is 9.92. The number of carbonyl (C=O) groups is 2. The first-order chi connectivity index (χ1) is 9.44. The molecule has 0 saturated carbocycles. The molecule has 0 bridgehead atoms. The largest absolute Gasteiger partial charge is 0.458 e. The minimum absolute atomic E-state index is 0.0853. The van der Waals surface area contributed by atoms with Crippen molar-refractivity contribution in [2.45, 2.75) is 73.0 Å². The first-order valence-corrected chi connectivity index (χ1v) is 7.52. The highest BCUT2D eigenvalue weighted by Crippen LogP contribution is 2.24. The first kappa shape index (κ1) is 17.7. The highest BCUT2D eigenvalue weighted by molar-refractivity contribution is 5.71. The third-order valence-corrected chi connectivity index (χ3v) is 2.92. The Balaban J connectivity index is 2.35. The van der Waals surface area contributed by atoms with E-state index in [1.54, 1.807) is 12.2 Å². The molecule has 0 aliphatic heterocycles. The molecule has 0 N–H and O–H groups in total. The summed E-state index contributed by atoms with van der Waals surface area (Å²) in [5, 5.41) is 0. The van der Waals surface area contributed by atoms with Crippen molar-refractivity contribution in [3.63, 3.8) is 0 Å². The quantitative estimate of drug-likeness (QED) is 0.587. The Morgan fingerprint density at radius 3 is 1.48 bits per heavy atom. The molecule has 2 atom stereocenters. The average molecular weight is 296 g/mol. The Morgan fingerprint density at radius 1 is 0.857 bits per heavy atom. The number of ether oxygens (including phenoxy) is 2. The summed E-state index contributed by atoms with van der Waals surface area (Å²) in [5.74, 6) is -0.419. The molecule has 1 rings (SSSR count). The third-order valence-electron chi connectivity index (χ3n) is 2.92. The average Bonchev–Trinajstić information content (AvgIpc) is 2.58. The van der Waals surface area contributed by atoms with Gasteiger partial charge in [-0.3, -0.25) is 9.59 Å². The van der Waals surface area contributed by atoms with E-state index in [2.05, 4.69) is 0 Å². The van der Waals surface area contributed by atoms with Crippen molar-refractivity contribution in [3.8, 4) is 0 Å². The predicted molar refractivity (Wildman–Crippen MR) is 81.7 cm³/mol. The number of hydrogen-bond acceptors (Lipinski definition) is 4. The Morgan fingerprint density at radius 2 is 1.19 bits per heavy atom. The highest BCUT2D eigenvalue weighted by atomic mass is 16.6. The van der Waals surface area contributed by atoms with Crippen LogP contribution >= 0.6 is 0 Å². The van der Waals surface area contributed by atoms with Gasteiger partial charge < -0.3 is 9.47 Å². The minimum Gasteiger partial charge on any atom is -0.458 e. The molecule has 0 aromatic carbocycles. The second-order valence-corrected chi connectivity index (χ2v) is 8.15. The van der Waals surface area contributed by atoms with Crippen LogP contribution in [0.15, 0.2) is 12.2 Å². The van der Waals surface area contributed by atoms with Crippen LogP contribution in [0.3, 0.4) is 0 Å². The van der Waals surface area contributed by atoms with Gasteiger partial charge in [0.2, 0.25) is 0 Å². The van der Waals surface area contributed by atoms with Gasteiger partial charge in [0.05, 0.1) is 12.8 Å². The number of carbonyl (C=O) groups excluding carboxylic acids is 2. The van der Waals surface area contributed by atoms with Gasteiger partial charge in [-0.15, -0.1) is 0 Å². The molecule has 120 valence electrons. The van der Waals surface area contributed by atoms with Crippen molar-refractivity contribution in [1.29, 1.82) is 0 Å². The smallest absolute Gasteiger partial charge is 0.306 e. The zero-order chi connectivity index (χ0) is 16.3. The topological polar surface area (TPSA) is 52.6 Å². The fourth-order valence-corrected chi connectivity index (χ4v) is 2.10. The summed E-state index contributed by atoms with van der Waals surface area (Å²) in [6.45, 7) is 12.0. The maximum absolute atomic E-state index is 11.8. The lowest BCUT2D eigenvalue weighted by Gasteiger charge is -2.20. The minimum atomic E-state index is -0.285. The summed E-state index contributed by atoms with van der Waals surface area (Å²) in [6, 6.07) is 0. The molecule has 0 radical (unpaired) electrons. The lowest BCUT2D eigenvalue weighted by Crippen LogP contribution is -2.24. The number of hydrogen-bond donors (Lipinski definition) is 0. The molecule has 0 fully saturated rings. The molecular weight excluding hydrogens is 268 g/mol. The zero-order valence-electron chi connectivity index (χ0n) is 14.1. The van der Waals surface area contributed by atoms with Crippen molar-refractivity contribution in [1.82, 2.24) is 0 Å². The first-order valence-electron chi connectivity index (χ1n) is 7.52. The van der Waals surface area contributed by atoms with Gasteiger partial charge in [-0.1, -0.05) is 41.5 Å². The maximum Gasteiger partial charge on any atom is 0.306 e. The Labute approximate surface area is 127 Å². The van der Waals surface area contributed by atoms with E-state index in [0.717, 1.165) is 0 Å². The summed E-state index contributed by atoms with van der Waals surface area (Å²) in [7, 11) is 0. The second-order valence-electron chi connectivity index (χ2n) is 8.15. The summed E-state index contributed by atoms with van der Waals surface area (Å²) in [5.41, 5.74) is -0.171. The van der Waals surface area contributed by atoms with Crippen LogP contribution in [0, 0.1) is 10.8 Å². The standard InChI is InChI=1S/C17H28O4/c1-16(2,3)10-14(18)20-12-7-8-13(9-12)21-15(19)11-17(4,5)6/h7-8,12-13H,9-11H2,1-6H3/t12-,13+. The summed E-state index contributed by atoms with van der Waals surface area (Å²) in [6.07, 6.45) is 4.31. The van der Waals surface area contributed by atoms with Gasteiger partial charge in [-0.2, -0.15) is 0 Å². The zero-order valence-corrected chi connectivity index (χ0v) is 14.1. The summed E-state index contributed by atoms with van der Waals surface area (Å²) in [4.78, 5) is 23.5. The van der Waals surface area contributed by atoms with Crippen molar-refractivity contribution in [3.05, 3.63) is 12.2 Å². The van der Waals surface area contributed by atoms with Crippen molar-refractivity contribution in [2.75, 3.05) is 0 Å². The van der Waals surface area contributed by atoms with Crippen molar-refractivity contribution in [2.24, 2.45) is 10.8 Å². The van der Waals surface area contributed by atoms with E-state index in [0.29, 0.717) is 19.3 Å². The monoisotopic (exact) mass is 296 g/mol. The SMILES string of the molecule is CC(C)(C)CC(=O)O[C@@H]1C=C[C@H](OC(=O)CC(C)(C)C)C1. The van der Waals surface area contributed by atoms with Gasteiger partial charge in [-0.25, -0.2) is 0 Å². The molecule has 0 saturated heterocycles. The van der Waals surface area contributed by atoms with Crippen LogP contribution in [0.1, 0.15) is 60.8 Å². The van der Waals surface area contributed by atoms with Crippen LogP contribution in [0.5, 0.6) is 0 Å². The molecule has 0 amide bonds. The summed E-state index contributed by atoms with van der Waals surface area (Å²) < 4.78 is 10.8. The molecule has 0 spiro atoms. The molecular formula is C17H28O4. The van der Waals surface area contributed by atoms with E-state index in [4.69, 9.17) is 9.47 Å². The Kier molecular flexibility index (Phi) is 5.60. The maximum atomic E-state index is 11.8. The molecule has 0 aromatic rings. The molecule has 1 aliphatic carbocycles. The second kappa shape index (κ2) is 6.63. The molecule has 0 heterocycles. The van der Waals surface area contributed by atoms with E-state index in [-0.39, 0.29) is 35.0 Å². The van der Waals surface area contributed by atoms with Crippen LogP contribution in [0.25, 0.3) is 0 Å². The Hall–Kier alpha value is -1.32. The predicted octanol–water partition coefficient (Wildman–Crippen LogP) is 3.64. The van der Waals surface area contributed by atoms with E-state index < -0.39 is 0 Å². The van der Waals surface area contributed by atoms with Crippen LogP contribution in [0.4, 0.5) is 0 Å². The number of esters is 2. The molecule has 0 aromatic heterocycles. The van der Waals surface area contributed by atoms with Gasteiger partial charge >= 0.3 is 11.9 Å². The fourth-order valence-electron chi connectivity index (χ4n) is 2.10. The van der Waals surface area contributed by atoms with Crippen LogP contribution in [0.2, 0.25) is 0 Å². The highest BCUT2D eigenvalue weighted by Gasteiger charge is 2.27. The third kappa shape index (κ3) is 7.88. The molecule has 1 aliphatic rings. The van der Waals surface area contributed by atoms with E-state index >= 15 is 0 Å². The summed E-state index contributed by atoms with van der Waals surface area (Å²) >= 11 is 0. The molecule has 0 unspecified atom stereocenters. The van der Waals surface area contributed by atoms with Gasteiger partial charge in [0.1, 0.15) is 12.2 Å². The normalized spacial score (nSPS) is 22.2.